The number of carbonyl (C=O) groups is 1. The van der Waals surface area contributed by atoms with Crippen LogP contribution in [0.5, 0.6) is 5.75 Å². The van der Waals surface area contributed by atoms with E-state index in [9.17, 15) is 9.90 Å². The molecule has 5 heteroatoms. The van der Waals surface area contributed by atoms with Gasteiger partial charge in [0.15, 0.2) is 0 Å². The Morgan fingerprint density at radius 1 is 1.10 bits per heavy atom. The van der Waals surface area contributed by atoms with Gasteiger partial charge < -0.3 is 10.4 Å². The zero-order valence-electron chi connectivity index (χ0n) is 11.1. The molecule has 2 N–H and O–H groups in total. The molecular weight excluding hydrogens is 309 g/mol. The number of hydrogen-bond acceptors (Lipinski definition) is 2. The molecule has 0 aromatic heterocycles. The van der Waals surface area contributed by atoms with E-state index in [0.29, 0.717) is 15.7 Å². The monoisotopic (exact) mass is 321 g/mol. The van der Waals surface area contributed by atoms with Gasteiger partial charge in [-0.2, -0.15) is 0 Å². The lowest BCUT2D eigenvalue weighted by molar-refractivity contribution is -0.118. The maximum atomic E-state index is 12.6. The van der Waals surface area contributed by atoms with Crippen LogP contribution in [0.25, 0.3) is 0 Å². The fourth-order valence-corrected chi connectivity index (χ4v) is 2.77. The molecule has 0 heterocycles. The number of hydrogen-bond donors (Lipinski definition) is 2. The van der Waals surface area contributed by atoms with Crippen molar-refractivity contribution >= 4 is 34.8 Å². The number of amides is 1. The van der Waals surface area contributed by atoms with Gasteiger partial charge in [-0.05, 0) is 48.7 Å². The first-order chi connectivity index (χ1) is 10.0. The van der Waals surface area contributed by atoms with Crippen molar-refractivity contribution in [1.82, 2.24) is 0 Å². The summed E-state index contributed by atoms with van der Waals surface area (Å²) in [5.74, 6) is -0.156. The molecule has 1 saturated carbocycles. The van der Waals surface area contributed by atoms with Crippen LogP contribution < -0.4 is 5.32 Å². The zero-order chi connectivity index (χ0) is 15.0. The van der Waals surface area contributed by atoms with Crippen LogP contribution in [0.3, 0.4) is 0 Å². The van der Waals surface area contributed by atoms with E-state index in [1.807, 2.05) is 18.2 Å². The van der Waals surface area contributed by atoms with Crippen molar-refractivity contribution in [3.05, 3.63) is 58.1 Å². The number of carbonyl (C=O) groups excluding carboxylic acids is 1. The molecule has 0 spiro atoms. The molecule has 3 rings (SSSR count). The lowest BCUT2D eigenvalue weighted by Gasteiger charge is -2.16. The van der Waals surface area contributed by atoms with Crippen molar-refractivity contribution < 1.29 is 9.90 Å². The van der Waals surface area contributed by atoms with Gasteiger partial charge in [0.2, 0.25) is 5.91 Å². The Hall–Kier alpha value is -1.71. The molecule has 0 radical (unpaired) electrons. The lowest BCUT2D eigenvalue weighted by Crippen LogP contribution is -2.27. The number of halogens is 2. The number of phenolic OH excluding ortho intramolecular Hbond substituents is 1. The van der Waals surface area contributed by atoms with Crippen molar-refractivity contribution in [2.75, 3.05) is 5.32 Å². The van der Waals surface area contributed by atoms with Crippen LogP contribution in [0.4, 0.5) is 5.69 Å². The summed E-state index contributed by atoms with van der Waals surface area (Å²) in [5.41, 5.74) is 0.662. The largest absolute Gasteiger partial charge is 0.506 e. The average molecular weight is 322 g/mol. The molecule has 1 aliphatic carbocycles. The summed E-state index contributed by atoms with van der Waals surface area (Å²) >= 11 is 11.9. The highest BCUT2D eigenvalue weighted by Gasteiger charge is 2.51. The Morgan fingerprint density at radius 2 is 1.81 bits per heavy atom. The minimum atomic E-state index is -0.556. The quantitative estimate of drug-likeness (QED) is 0.825. The second kappa shape index (κ2) is 5.24. The van der Waals surface area contributed by atoms with Gasteiger partial charge in [0, 0.05) is 10.0 Å². The van der Waals surface area contributed by atoms with Crippen LogP contribution in [-0.2, 0) is 10.2 Å². The predicted molar refractivity (Wildman–Crippen MR) is 84.1 cm³/mol. The molecule has 0 aliphatic heterocycles. The first-order valence-corrected chi connectivity index (χ1v) is 7.33. The van der Waals surface area contributed by atoms with E-state index >= 15 is 0 Å². The van der Waals surface area contributed by atoms with Gasteiger partial charge >= 0.3 is 0 Å². The summed E-state index contributed by atoms with van der Waals surface area (Å²) in [6.45, 7) is 0. The SMILES string of the molecule is O=C(Nc1cc(Cl)ccc1O)C1(c2cccc(Cl)c2)CC1. The molecular formula is C16H13Cl2NO2. The van der Waals surface area contributed by atoms with Gasteiger partial charge in [0.1, 0.15) is 5.75 Å². The van der Waals surface area contributed by atoms with Crippen LogP contribution in [0.1, 0.15) is 18.4 Å². The standard InChI is InChI=1S/C16H13Cl2NO2/c17-11-3-1-2-10(8-11)16(6-7-16)15(21)19-13-9-12(18)4-5-14(13)20/h1-5,8-9,20H,6-7H2,(H,19,21). The summed E-state index contributed by atoms with van der Waals surface area (Å²) in [6.07, 6.45) is 1.53. The van der Waals surface area contributed by atoms with E-state index in [1.54, 1.807) is 12.1 Å². The van der Waals surface area contributed by atoms with E-state index in [2.05, 4.69) is 5.32 Å². The van der Waals surface area contributed by atoms with E-state index in [1.165, 1.54) is 12.1 Å². The summed E-state index contributed by atoms with van der Waals surface area (Å²) in [5, 5.41) is 13.6. The number of anilines is 1. The smallest absolute Gasteiger partial charge is 0.235 e. The Morgan fingerprint density at radius 3 is 2.48 bits per heavy atom. The van der Waals surface area contributed by atoms with Gasteiger partial charge in [-0.15, -0.1) is 0 Å². The van der Waals surface area contributed by atoms with Crippen molar-refractivity contribution in [3.63, 3.8) is 0 Å². The second-order valence-electron chi connectivity index (χ2n) is 5.21. The van der Waals surface area contributed by atoms with Crippen LogP contribution in [0.2, 0.25) is 10.0 Å². The average Bonchev–Trinajstić information content (AvgIpc) is 3.24. The third-order valence-corrected chi connectivity index (χ3v) is 4.24. The summed E-state index contributed by atoms with van der Waals surface area (Å²) in [4.78, 5) is 12.6. The molecule has 0 unspecified atom stereocenters. The number of rotatable bonds is 3. The molecule has 3 nitrogen and oxygen atoms in total. The molecule has 2 aromatic carbocycles. The Kier molecular flexibility index (Phi) is 3.56. The molecule has 1 aliphatic rings. The van der Waals surface area contributed by atoms with E-state index in [0.717, 1.165) is 18.4 Å². The van der Waals surface area contributed by atoms with Crippen LogP contribution >= 0.6 is 23.2 Å². The third kappa shape index (κ3) is 2.71. The minimum Gasteiger partial charge on any atom is -0.506 e. The van der Waals surface area contributed by atoms with Crippen molar-refractivity contribution in [1.29, 1.82) is 0 Å². The highest BCUT2D eigenvalue weighted by Crippen LogP contribution is 2.49. The molecule has 1 fully saturated rings. The summed E-state index contributed by atoms with van der Waals surface area (Å²) < 4.78 is 0. The van der Waals surface area contributed by atoms with Gasteiger partial charge in [-0.3, -0.25) is 4.79 Å². The van der Waals surface area contributed by atoms with Gasteiger partial charge in [-0.1, -0.05) is 35.3 Å². The fourth-order valence-electron chi connectivity index (χ4n) is 2.41. The van der Waals surface area contributed by atoms with E-state index in [4.69, 9.17) is 23.2 Å². The van der Waals surface area contributed by atoms with Crippen molar-refractivity contribution in [2.45, 2.75) is 18.3 Å². The summed E-state index contributed by atoms with van der Waals surface area (Å²) in [6, 6.07) is 11.9. The molecule has 0 saturated heterocycles. The molecule has 108 valence electrons. The minimum absolute atomic E-state index is 0.00496. The zero-order valence-corrected chi connectivity index (χ0v) is 12.6. The van der Waals surface area contributed by atoms with Crippen molar-refractivity contribution in [2.24, 2.45) is 0 Å². The number of benzene rings is 2. The van der Waals surface area contributed by atoms with E-state index in [-0.39, 0.29) is 11.7 Å². The van der Waals surface area contributed by atoms with E-state index < -0.39 is 5.41 Å². The first-order valence-electron chi connectivity index (χ1n) is 6.57. The highest BCUT2D eigenvalue weighted by molar-refractivity contribution is 6.31. The molecule has 1 amide bonds. The van der Waals surface area contributed by atoms with Gasteiger partial charge in [-0.25, -0.2) is 0 Å². The van der Waals surface area contributed by atoms with Crippen LogP contribution in [-0.4, -0.2) is 11.0 Å². The van der Waals surface area contributed by atoms with Crippen LogP contribution in [0.15, 0.2) is 42.5 Å². The topological polar surface area (TPSA) is 49.3 Å². The highest BCUT2D eigenvalue weighted by atomic mass is 35.5. The molecule has 0 atom stereocenters. The maximum absolute atomic E-state index is 12.6. The number of aromatic hydroxyl groups is 1. The fraction of sp³-hybridized carbons (Fsp3) is 0.188. The lowest BCUT2D eigenvalue weighted by atomic mass is 9.95. The Bertz CT molecular complexity index is 711. The second-order valence-corrected chi connectivity index (χ2v) is 6.08. The maximum Gasteiger partial charge on any atom is 0.235 e. The number of phenols is 1. The normalized spacial score (nSPS) is 15.5. The Balaban J connectivity index is 1.87. The summed E-state index contributed by atoms with van der Waals surface area (Å²) in [7, 11) is 0. The third-order valence-electron chi connectivity index (χ3n) is 3.77. The Labute approximate surface area is 132 Å². The van der Waals surface area contributed by atoms with Gasteiger partial charge in [0.05, 0.1) is 11.1 Å². The van der Waals surface area contributed by atoms with Crippen molar-refractivity contribution in [3.8, 4) is 5.75 Å². The predicted octanol–water partition coefficient (Wildman–Crippen LogP) is 4.37. The molecule has 0 bridgehead atoms. The van der Waals surface area contributed by atoms with Gasteiger partial charge in [0.25, 0.3) is 0 Å². The molecule has 2 aromatic rings. The number of nitrogens with one attached hydrogen (secondary N) is 1. The van der Waals surface area contributed by atoms with Crippen LogP contribution in [0, 0.1) is 0 Å². The first kappa shape index (κ1) is 14.2. The molecule has 21 heavy (non-hydrogen) atoms.